The molecule has 1 aliphatic carbocycles. The van der Waals surface area contributed by atoms with E-state index in [1.165, 1.54) is 44.2 Å². The van der Waals surface area contributed by atoms with E-state index in [1.807, 2.05) is 12.1 Å². The Bertz CT molecular complexity index is 1370. The number of carbonyl (C=O) groups excluding carboxylic acids is 2. The lowest BCUT2D eigenvalue weighted by atomic mass is 9.86. The Hall–Kier alpha value is -4.05. The van der Waals surface area contributed by atoms with Crippen LogP contribution in [-0.2, 0) is 20.7 Å². The molecule has 0 spiro atoms. The zero-order chi connectivity index (χ0) is 32.6. The SMILES string of the molecule is CCCCOCCCCOC(=O)c1ccc(C(Cc2ncc(-c3ccc([N+](=O)[O-])cc3)[nH]2)NC(=O)CCCC2CCCCC2)cc1. The molecule has 1 aromatic heterocycles. The van der Waals surface area contributed by atoms with E-state index in [0.717, 1.165) is 67.9 Å². The molecule has 248 valence electrons. The fourth-order valence-corrected chi connectivity index (χ4v) is 5.87. The number of ether oxygens (including phenoxy) is 2. The molecule has 1 amide bonds. The van der Waals surface area contributed by atoms with Gasteiger partial charge in [0.2, 0.25) is 5.91 Å². The number of rotatable bonds is 19. The van der Waals surface area contributed by atoms with Crippen molar-refractivity contribution in [2.45, 2.75) is 96.4 Å². The molecule has 0 aliphatic heterocycles. The maximum atomic E-state index is 13.1. The van der Waals surface area contributed by atoms with Crippen LogP contribution in [0.5, 0.6) is 0 Å². The predicted octanol–water partition coefficient (Wildman–Crippen LogP) is 7.89. The molecule has 0 saturated heterocycles. The van der Waals surface area contributed by atoms with Gasteiger partial charge in [0.15, 0.2) is 0 Å². The van der Waals surface area contributed by atoms with Gasteiger partial charge in [0, 0.05) is 43.8 Å². The van der Waals surface area contributed by atoms with Crippen LogP contribution in [0.1, 0.15) is 112 Å². The minimum atomic E-state index is -0.429. The van der Waals surface area contributed by atoms with Crippen molar-refractivity contribution in [1.29, 1.82) is 0 Å². The number of aromatic amines is 1. The average molecular weight is 633 g/mol. The molecule has 1 heterocycles. The van der Waals surface area contributed by atoms with Crippen LogP contribution in [0.2, 0.25) is 0 Å². The highest BCUT2D eigenvalue weighted by Crippen LogP contribution is 2.28. The maximum Gasteiger partial charge on any atom is 0.338 e. The molecule has 1 unspecified atom stereocenters. The Kier molecular flexibility index (Phi) is 14.2. The van der Waals surface area contributed by atoms with Crippen molar-refractivity contribution in [3.8, 4) is 11.3 Å². The number of unbranched alkanes of at least 4 members (excludes halogenated alkanes) is 2. The van der Waals surface area contributed by atoms with Gasteiger partial charge >= 0.3 is 5.97 Å². The number of imidazole rings is 1. The maximum absolute atomic E-state index is 13.1. The topological polar surface area (TPSA) is 136 Å². The third-order valence-corrected chi connectivity index (χ3v) is 8.60. The third kappa shape index (κ3) is 11.4. The van der Waals surface area contributed by atoms with E-state index in [1.54, 1.807) is 30.5 Å². The number of H-pyrrole nitrogens is 1. The second-order valence-electron chi connectivity index (χ2n) is 12.2. The normalized spacial score (nSPS) is 14.1. The molecule has 1 fully saturated rings. The van der Waals surface area contributed by atoms with E-state index >= 15 is 0 Å². The molecule has 2 N–H and O–H groups in total. The number of nitrogens with zero attached hydrogens (tertiary/aromatic N) is 2. The van der Waals surface area contributed by atoms with Crippen LogP contribution in [0.15, 0.2) is 54.7 Å². The van der Waals surface area contributed by atoms with Gasteiger partial charge in [0.1, 0.15) is 5.82 Å². The lowest BCUT2D eigenvalue weighted by Gasteiger charge is -2.22. The molecule has 46 heavy (non-hydrogen) atoms. The van der Waals surface area contributed by atoms with E-state index in [9.17, 15) is 19.7 Å². The number of aromatic nitrogens is 2. The fourth-order valence-electron chi connectivity index (χ4n) is 5.87. The fraction of sp³-hybridized carbons (Fsp3) is 0.528. The Morgan fingerprint density at radius 2 is 1.70 bits per heavy atom. The zero-order valence-corrected chi connectivity index (χ0v) is 27.0. The first-order valence-corrected chi connectivity index (χ1v) is 16.9. The van der Waals surface area contributed by atoms with Crippen LogP contribution < -0.4 is 5.32 Å². The number of non-ortho nitro benzene ring substituents is 1. The zero-order valence-electron chi connectivity index (χ0n) is 27.0. The van der Waals surface area contributed by atoms with E-state index in [0.29, 0.717) is 37.4 Å². The Labute approximate surface area is 271 Å². The van der Waals surface area contributed by atoms with E-state index in [2.05, 4.69) is 22.2 Å². The molecular formula is C36H48N4O6. The van der Waals surface area contributed by atoms with Gasteiger partial charge in [-0.25, -0.2) is 9.78 Å². The summed E-state index contributed by atoms with van der Waals surface area (Å²) in [5.41, 5.74) is 2.84. The highest BCUT2D eigenvalue weighted by molar-refractivity contribution is 5.89. The minimum Gasteiger partial charge on any atom is -0.462 e. The molecule has 3 aromatic rings. The Morgan fingerprint density at radius 3 is 2.41 bits per heavy atom. The first-order chi connectivity index (χ1) is 22.4. The number of esters is 1. The number of benzene rings is 2. The third-order valence-electron chi connectivity index (χ3n) is 8.60. The molecule has 0 bridgehead atoms. The quantitative estimate of drug-likeness (QED) is 0.0593. The highest BCUT2D eigenvalue weighted by Gasteiger charge is 2.20. The van der Waals surface area contributed by atoms with Crippen LogP contribution in [0.4, 0.5) is 5.69 Å². The monoisotopic (exact) mass is 632 g/mol. The van der Waals surface area contributed by atoms with Gasteiger partial charge in [-0.3, -0.25) is 14.9 Å². The summed E-state index contributed by atoms with van der Waals surface area (Å²) in [5, 5.41) is 14.2. The van der Waals surface area contributed by atoms with Crippen LogP contribution in [-0.4, -0.2) is 46.6 Å². The number of nitro benzene ring substituents is 1. The number of nitro groups is 1. The summed E-state index contributed by atoms with van der Waals surface area (Å²) in [7, 11) is 0. The van der Waals surface area contributed by atoms with Crippen molar-refractivity contribution in [1.82, 2.24) is 15.3 Å². The van der Waals surface area contributed by atoms with E-state index in [4.69, 9.17) is 9.47 Å². The molecule has 10 nitrogen and oxygen atoms in total. The van der Waals surface area contributed by atoms with Crippen LogP contribution in [0.3, 0.4) is 0 Å². The van der Waals surface area contributed by atoms with Gasteiger partial charge < -0.3 is 19.8 Å². The van der Waals surface area contributed by atoms with Crippen molar-refractivity contribution in [2.24, 2.45) is 5.92 Å². The number of carbonyl (C=O) groups is 2. The number of amides is 1. The highest BCUT2D eigenvalue weighted by atomic mass is 16.6. The summed E-state index contributed by atoms with van der Waals surface area (Å²) < 4.78 is 11.0. The van der Waals surface area contributed by atoms with Gasteiger partial charge in [0.05, 0.1) is 35.0 Å². The van der Waals surface area contributed by atoms with Gasteiger partial charge in [-0.15, -0.1) is 0 Å². The molecule has 1 saturated carbocycles. The molecule has 2 aromatic carbocycles. The second kappa shape index (κ2) is 18.8. The lowest BCUT2D eigenvalue weighted by molar-refractivity contribution is -0.384. The minimum absolute atomic E-state index is 0.00915. The van der Waals surface area contributed by atoms with Crippen molar-refractivity contribution >= 4 is 17.6 Å². The molecule has 4 rings (SSSR count). The number of hydrogen-bond acceptors (Lipinski definition) is 7. The summed E-state index contributed by atoms with van der Waals surface area (Å²) in [5.74, 6) is 1.01. The summed E-state index contributed by atoms with van der Waals surface area (Å²) in [6.07, 6.45) is 14.7. The molecule has 10 heteroatoms. The summed E-state index contributed by atoms with van der Waals surface area (Å²) in [4.78, 5) is 44.2. The van der Waals surface area contributed by atoms with Crippen molar-refractivity contribution in [3.63, 3.8) is 0 Å². The average Bonchev–Trinajstić information content (AvgIpc) is 3.55. The smallest absolute Gasteiger partial charge is 0.338 e. The van der Waals surface area contributed by atoms with Crippen molar-refractivity contribution < 1.29 is 24.0 Å². The van der Waals surface area contributed by atoms with Gasteiger partial charge in [0.25, 0.3) is 5.69 Å². The summed E-state index contributed by atoms with van der Waals surface area (Å²) in [6, 6.07) is 13.1. The van der Waals surface area contributed by atoms with Crippen molar-refractivity contribution in [3.05, 3.63) is 81.8 Å². The first-order valence-electron chi connectivity index (χ1n) is 16.9. The number of hydrogen-bond donors (Lipinski definition) is 2. The van der Waals surface area contributed by atoms with Gasteiger partial charge in [-0.05, 0) is 67.9 Å². The van der Waals surface area contributed by atoms with E-state index < -0.39 is 4.92 Å². The second-order valence-corrected chi connectivity index (χ2v) is 12.2. The lowest BCUT2D eigenvalue weighted by Crippen LogP contribution is -2.30. The summed E-state index contributed by atoms with van der Waals surface area (Å²) in [6.45, 7) is 3.91. The van der Waals surface area contributed by atoms with Crippen LogP contribution >= 0.6 is 0 Å². The van der Waals surface area contributed by atoms with Gasteiger partial charge in [-0.1, -0.05) is 57.6 Å². The molecular weight excluding hydrogens is 584 g/mol. The standard InChI is InChI=1S/C36H48N4O6/c1-2-3-22-45-23-7-8-24-46-36(42)30-16-14-28(15-17-30)32(39-35(41)13-9-12-27-10-5-4-6-11-27)25-34-37-26-33(38-34)29-18-20-31(21-19-29)40(43)44/h14-21,26-27,32H,2-13,22-25H2,1H3,(H,37,38)(H,39,41). The number of nitrogens with one attached hydrogen (secondary N) is 2. The molecule has 0 radical (unpaired) electrons. The predicted molar refractivity (Wildman–Crippen MR) is 177 cm³/mol. The molecule has 1 atom stereocenters. The largest absolute Gasteiger partial charge is 0.462 e. The van der Waals surface area contributed by atoms with Crippen LogP contribution in [0.25, 0.3) is 11.3 Å². The van der Waals surface area contributed by atoms with Crippen molar-refractivity contribution in [2.75, 3.05) is 19.8 Å². The Balaban J connectivity index is 1.36. The van der Waals surface area contributed by atoms with Crippen LogP contribution in [0, 0.1) is 16.0 Å². The Morgan fingerprint density at radius 1 is 0.978 bits per heavy atom. The molecule has 1 aliphatic rings. The summed E-state index contributed by atoms with van der Waals surface area (Å²) >= 11 is 0. The first kappa shape index (κ1) is 34.8. The van der Waals surface area contributed by atoms with Gasteiger partial charge in [-0.2, -0.15) is 0 Å². The van der Waals surface area contributed by atoms with E-state index in [-0.39, 0.29) is 23.6 Å².